The molecular formula is C29H37F3N2O4. The zero-order valence-electron chi connectivity index (χ0n) is 22.4. The SMILES string of the molecule is CCOC(=O)COCCCOc1cc(F)c([C@@H]2C=C(c3ccccc3N)C[C@@H](C)N2CC(C)(C)F)c(F)c1. The van der Waals surface area contributed by atoms with Gasteiger partial charge in [0.2, 0.25) is 0 Å². The van der Waals surface area contributed by atoms with Gasteiger partial charge >= 0.3 is 5.97 Å². The standard InChI is InChI=1S/C29H37F3N2O4/c1-5-37-27(35)17-36-11-8-12-38-21-15-23(30)28(24(31)16-21)26-14-20(22-9-6-7-10-25(22)33)13-19(2)34(26)18-29(3,4)32/h6-7,9-10,14-16,19,26H,5,8,11-13,17-18,33H2,1-4H3/t19-,26+/m1/s1. The summed E-state index contributed by atoms with van der Waals surface area (Å²) in [5.41, 5.74) is 6.67. The normalized spacial score (nSPS) is 18.2. The number of nitrogen functional groups attached to an aromatic ring is 1. The molecule has 6 nitrogen and oxygen atoms in total. The van der Waals surface area contributed by atoms with Crippen LogP contribution in [0.5, 0.6) is 5.75 Å². The monoisotopic (exact) mass is 534 g/mol. The molecule has 0 unspecified atom stereocenters. The average molecular weight is 535 g/mol. The summed E-state index contributed by atoms with van der Waals surface area (Å²) in [5.74, 6) is -1.98. The second-order valence-corrected chi connectivity index (χ2v) is 10.0. The van der Waals surface area contributed by atoms with Crippen LogP contribution in [0.1, 0.15) is 57.7 Å². The Kier molecular flexibility index (Phi) is 10.2. The Morgan fingerprint density at radius 2 is 1.84 bits per heavy atom. The van der Waals surface area contributed by atoms with E-state index in [-0.39, 0.29) is 50.3 Å². The van der Waals surface area contributed by atoms with Crippen LogP contribution in [0.3, 0.4) is 0 Å². The predicted molar refractivity (Wildman–Crippen MR) is 141 cm³/mol. The molecule has 2 N–H and O–H groups in total. The Morgan fingerprint density at radius 3 is 2.47 bits per heavy atom. The van der Waals surface area contributed by atoms with Crippen molar-refractivity contribution in [2.75, 3.05) is 38.7 Å². The van der Waals surface area contributed by atoms with E-state index in [1.54, 1.807) is 24.0 Å². The highest BCUT2D eigenvalue weighted by atomic mass is 19.1. The first-order valence-corrected chi connectivity index (χ1v) is 12.9. The van der Waals surface area contributed by atoms with E-state index in [0.29, 0.717) is 18.5 Å². The minimum Gasteiger partial charge on any atom is -0.493 e. The number of hydrogen-bond acceptors (Lipinski definition) is 6. The minimum atomic E-state index is -1.57. The van der Waals surface area contributed by atoms with Crippen LogP contribution in [-0.4, -0.2) is 55.6 Å². The number of para-hydroxylation sites is 1. The summed E-state index contributed by atoms with van der Waals surface area (Å²) in [6, 6.07) is 8.58. The van der Waals surface area contributed by atoms with E-state index in [1.807, 2.05) is 25.1 Å². The van der Waals surface area contributed by atoms with Gasteiger partial charge in [0.15, 0.2) is 0 Å². The van der Waals surface area contributed by atoms with Gasteiger partial charge in [-0.05, 0) is 45.8 Å². The molecule has 2 atom stereocenters. The average Bonchev–Trinajstić information content (AvgIpc) is 2.82. The molecule has 0 fully saturated rings. The lowest BCUT2D eigenvalue weighted by atomic mass is 9.86. The predicted octanol–water partition coefficient (Wildman–Crippen LogP) is 5.86. The summed E-state index contributed by atoms with van der Waals surface area (Å²) in [5, 5.41) is 0. The lowest BCUT2D eigenvalue weighted by Crippen LogP contribution is -2.45. The van der Waals surface area contributed by atoms with Crippen LogP contribution >= 0.6 is 0 Å². The van der Waals surface area contributed by atoms with Crippen LogP contribution < -0.4 is 10.5 Å². The van der Waals surface area contributed by atoms with E-state index in [2.05, 4.69) is 0 Å². The summed E-state index contributed by atoms with van der Waals surface area (Å²) in [7, 11) is 0. The van der Waals surface area contributed by atoms with Crippen molar-refractivity contribution in [3.8, 4) is 5.75 Å². The molecule has 9 heteroatoms. The van der Waals surface area contributed by atoms with Gasteiger partial charge in [-0.2, -0.15) is 0 Å². The zero-order chi connectivity index (χ0) is 27.9. The number of ether oxygens (including phenoxy) is 3. The topological polar surface area (TPSA) is 74.0 Å². The number of nitrogens with two attached hydrogens (primary N) is 1. The molecule has 1 heterocycles. The zero-order valence-corrected chi connectivity index (χ0v) is 22.4. The summed E-state index contributed by atoms with van der Waals surface area (Å²) in [4.78, 5) is 13.1. The Balaban J connectivity index is 1.81. The number of alkyl halides is 1. The van der Waals surface area contributed by atoms with Crippen molar-refractivity contribution in [1.82, 2.24) is 4.90 Å². The van der Waals surface area contributed by atoms with Crippen LogP contribution in [0, 0.1) is 11.6 Å². The summed E-state index contributed by atoms with van der Waals surface area (Å²) >= 11 is 0. The highest BCUT2D eigenvalue weighted by Gasteiger charge is 2.36. The second-order valence-electron chi connectivity index (χ2n) is 10.0. The van der Waals surface area contributed by atoms with E-state index in [4.69, 9.17) is 19.9 Å². The number of carbonyl (C=O) groups excluding carboxylic acids is 1. The number of esters is 1. The number of carbonyl (C=O) groups is 1. The maximum absolute atomic E-state index is 15.5. The van der Waals surface area contributed by atoms with Gasteiger partial charge in [-0.1, -0.05) is 24.3 Å². The molecule has 38 heavy (non-hydrogen) atoms. The van der Waals surface area contributed by atoms with Crippen LogP contribution in [0.2, 0.25) is 0 Å². The van der Waals surface area contributed by atoms with E-state index in [0.717, 1.165) is 23.3 Å². The smallest absolute Gasteiger partial charge is 0.332 e. The largest absolute Gasteiger partial charge is 0.493 e. The fourth-order valence-corrected chi connectivity index (χ4v) is 4.63. The molecule has 0 aliphatic carbocycles. The van der Waals surface area contributed by atoms with Crippen LogP contribution in [0.15, 0.2) is 42.5 Å². The van der Waals surface area contributed by atoms with Gasteiger partial charge in [0.05, 0.1) is 25.9 Å². The molecule has 3 rings (SSSR count). The number of benzene rings is 2. The molecule has 0 bridgehead atoms. The molecule has 1 aliphatic heterocycles. The third-order valence-corrected chi connectivity index (χ3v) is 6.24. The Bertz CT molecular complexity index is 1110. The molecule has 0 aromatic heterocycles. The fourth-order valence-electron chi connectivity index (χ4n) is 4.63. The number of halogens is 3. The third-order valence-electron chi connectivity index (χ3n) is 6.24. The lowest BCUT2D eigenvalue weighted by molar-refractivity contribution is -0.148. The summed E-state index contributed by atoms with van der Waals surface area (Å²) < 4.78 is 61.2. The van der Waals surface area contributed by atoms with Crippen LogP contribution in [0.4, 0.5) is 18.9 Å². The van der Waals surface area contributed by atoms with Gasteiger partial charge in [0.1, 0.15) is 29.7 Å². The highest BCUT2D eigenvalue weighted by molar-refractivity contribution is 5.76. The molecule has 208 valence electrons. The number of anilines is 1. The third kappa shape index (κ3) is 7.98. The van der Waals surface area contributed by atoms with Gasteiger partial charge in [0.25, 0.3) is 0 Å². The molecule has 1 aliphatic rings. The molecule has 2 aromatic carbocycles. The Morgan fingerprint density at radius 1 is 1.16 bits per heavy atom. The Labute approximate surface area is 222 Å². The minimum absolute atomic E-state index is 0.00415. The van der Waals surface area contributed by atoms with Gasteiger partial charge in [-0.15, -0.1) is 0 Å². The highest BCUT2D eigenvalue weighted by Crippen LogP contribution is 2.41. The first-order chi connectivity index (χ1) is 18.0. The van der Waals surface area contributed by atoms with Crippen molar-refractivity contribution in [1.29, 1.82) is 0 Å². The van der Waals surface area contributed by atoms with Gasteiger partial charge in [-0.25, -0.2) is 18.0 Å². The van der Waals surface area contributed by atoms with Crippen molar-refractivity contribution in [2.45, 2.75) is 58.3 Å². The van der Waals surface area contributed by atoms with Crippen molar-refractivity contribution in [3.63, 3.8) is 0 Å². The van der Waals surface area contributed by atoms with E-state index < -0.39 is 29.3 Å². The first kappa shape index (κ1) is 29.5. The van der Waals surface area contributed by atoms with Crippen LogP contribution in [0.25, 0.3) is 5.57 Å². The maximum Gasteiger partial charge on any atom is 0.332 e. The van der Waals surface area contributed by atoms with Crippen LogP contribution in [-0.2, 0) is 14.3 Å². The first-order valence-electron chi connectivity index (χ1n) is 12.9. The maximum atomic E-state index is 15.5. The van der Waals surface area contributed by atoms with Crippen molar-refractivity contribution < 1.29 is 32.2 Å². The summed E-state index contributed by atoms with van der Waals surface area (Å²) in [6.45, 7) is 7.00. The van der Waals surface area contributed by atoms with E-state index >= 15 is 8.78 Å². The van der Waals surface area contributed by atoms with Crippen molar-refractivity contribution >= 4 is 17.2 Å². The molecule has 0 spiro atoms. The molecule has 0 radical (unpaired) electrons. The summed E-state index contributed by atoms with van der Waals surface area (Å²) in [6.07, 6.45) is 2.75. The van der Waals surface area contributed by atoms with Gasteiger partial charge < -0.3 is 19.9 Å². The molecule has 2 aromatic rings. The van der Waals surface area contributed by atoms with Gasteiger partial charge in [0, 0.05) is 48.0 Å². The molecular weight excluding hydrogens is 497 g/mol. The van der Waals surface area contributed by atoms with Crippen molar-refractivity contribution in [3.05, 3.63) is 65.2 Å². The van der Waals surface area contributed by atoms with E-state index in [1.165, 1.54) is 13.8 Å². The van der Waals surface area contributed by atoms with Crippen molar-refractivity contribution in [2.24, 2.45) is 0 Å². The van der Waals surface area contributed by atoms with Gasteiger partial charge in [-0.3, -0.25) is 4.90 Å². The Hall–Kier alpha value is -3.04. The fraction of sp³-hybridized carbons (Fsp3) is 0.483. The number of hydrogen-bond donors (Lipinski definition) is 1. The second kappa shape index (κ2) is 13.2. The van der Waals surface area contributed by atoms with E-state index in [9.17, 15) is 9.18 Å². The molecule has 0 saturated carbocycles. The molecule has 0 amide bonds. The number of rotatable bonds is 12. The quantitative estimate of drug-likeness (QED) is 0.209. The number of nitrogens with zero attached hydrogens (tertiary/aromatic N) is 1. The molecule has 0 saturated heterocycles. The lowest BCUT2D eigenvalue weighted by Gasteiger charge is -2.42.